The number of terminal acetylenes is 1. The smallest absolute Gasteiger partial charge is 0.311 e. The third-order valence-corrected chi connectivity index (χ3v) is 7.28. The molecule has 11 heteroatoms. The lowest BCUT2D eigenvalue weighted by atomic mass is 10.1. The predicted octanol–water partition coefficient (Wildman–Crippen LogP) is 3.92. The van der Waals surface area contributed by atoms with Crippen LogP contribution in [0.2, 0.25) is 0 Å². The molecule has 0 unspecified atom stereocenters. The maximum absolute atomic E-state index is 14.1. The Labute approximate surface area is 236 Å². The van der Waals surface area contributed by atoms with E-state index >= 15 is 0 Å². The summed E-state index contributed by atoms with van der Waals surface area (Å²) in [4.78, 5) is 54.4. The van der Waals surface area contributed by atoms with Gasteiger partial charge in [0.05, 0.1) is 13.2 Å². The van der Waals surface area contributed by atoms with Crippen molar-refractivity contribution in [3.63, 3.8) is 0 Å². The van der Waals surface area contributed by atoms with Crippen LogP contribution in [0.3, 0.4) is 0 Å². The summed E-state index contributed by atoms with van der Waals surface area (Å²) in [5, 5.41) is 2.45. The van der Waals surface area contributed by atoms with E-state index in [0.717, 1.165) is 31.7 Å². The van der Waals surface area contributed by atoms with Crippen LogP contribution >= 0.6 is 0 Å². The number of unbranched alkanes of at least 4 members (excludes halogenated alkanes) is 5. The van der Waals surface area contributed by atoms with Gasteiger partial charge in [0.15, 0.2) is 11.9 Å². The minimum absolute atomic E-state index is 0.0131. The second-order valence-corrected chi connectivity index (χ2v) is 10.2. The van der Waals surface area contributed by atoms with Crippen LogP contribution in [-0.4, -0.2) is 46.1 Å². The predicted molar refractivity (Wildman–Crippen MR) is 145 cm³/mol. The summed E-state index contributed by atoms with van der Waals surface area (Å²) in [5.74, 6) is -1.66. The molecule has 2 aliphatic heterocycles. The van der Waals surface area contributed by atoms with Crippen molar-refractivity contribution in [2.24, 2.45) is 0 Å². The fraction of sp³-hybridized carbons (Fsp3) is 0.467. The molecule has 0 radical (unpaired) electrons. The Morgan fingerprint density at radius 1 is 1.17 bits per heavy atom. The maximum atomic E-state index is 14.1. The van der Waals surface area contributed by atoms with Crippen LogP contribution < -0.4 is 15.5 Å². The Kier molecular flexibility index (Phi) is 9.89. The molecule has 218 valence electrons. The molecule has 41 heavy (non-hydrogen) atoms. The lowest BCUT2D eigenvalue weighted by Crippen LogP contribution is -2.57. The van der Waals surface area contributed by atoms with Gasteiger partial charge in [0, 0.05) is 43.3 Å². The molecule has 0 saturated carbocycles. The zero-order valence-corrected chi connectivity index (χ0v) is 22.9. The molecule has 1 saturated heterocycles. The molecule has 1 fully saturated rings. The van der Waals surface area contributed by atoms with E-state index in [1.165, 1.54) is 21.7 Å². The number of carbonyl (C=O) groups is 3. The minimum atomic E-state index is -0.937. The van der Waals surface area contributed by atoms with Crippen molar-refractivity contribution in [2.45, 2.75) is 83.6 Å². The number of benzene rings is 1. The summed E-state index contributed by atoms with van der Waals surface area (Å²) < 4.78 is 40.0. The third kappa shape index (κ3) is 7.00. The van der Waals surface area contributed by atoms with Gasteiger partial charge in [-0.15, -0.1) is 12.3 Å². The number of hydrogen-bond acceptors (Lipinski definition) is 6. The first-order valence-corrected chi connectivity index (χ1v) is 13.8. The standard InChI is InChI=1S/C30H33F2N3O6/c1-3-4-5-6-7-8-9-10-25(36)41-28-26-30(39)35-19(2)13-14-40-24(35)18-34(26)17-22(27(28)37)29(38)33-16-20-11-12-21(31)15-23(20)32/h1,11-12,15,17,19,24H,4-10,13-14,16,18H2,2H3,(H,33,38)/t19-,24+/m0/s1. The zero-order valence-electron chi connectivity index (χ0n) is 22.9. The number of halogens is 2. The second-order valence-electron chi connectivity index (χ2n) is 10.2. The normalized spacial score (nSPS) is 17.8. The van der Waals surface area contributed by atoms with Gasteiger partial charge in [-0.2, -0.15) is 0 Å². The molecule has 1 N–H and O–H groups in total. The van der Waals surface area contributed by atoms with E-state index in [2.05, 4.69) is 11.2 Å². The van der Waals surface area contributed by atoms with Crippen molar-refractivity contribution in [3.05, 3.63) is 63.1 Å². The van der Waals surface area contributed by atoms with Gasteiger partial charge < -0.3 is 24.3 Å². The highest BCUT2D eigenvalue weighted by molar-refractivity contribution is 6.00. The van der Waals surface area contributed by atoms with Gasteiger partial charge in [-0.1, -0.05) is 25.3 Å². The Bertz CT molecular complexity index is 1420. The van der Waals surface area contributed by atoms with Crippen molar-refractivity contribution in [1.29, 1.82) is 0 Å². The van der Waals surface area contributed by atoms with Crippen molar-refractivity contribution >= 4 is 17.8 Å². The van der Waals surface area contributed by atoms with Crippen molar-refractivity contribution in [3.8, 4) is 18.1 Å². The van der Waals surface area contributed by atoms with E-state index in [0.29, 0.717) is 31.9 Å². The number of esters is 1. The molecule has 2 aromatic rings. The van der Waals surface area contributed by atoms with E-state index in [4.69, 9.17) is 15.9 Å². The summed E-state index contributed by atoms with van der Waals surface area (Å²) in [6.07, 6.45) is 11.2. The van der Waals surface area contributed by atoms with Crippen LogP contribution in [-0.2, 0) is 22.6 Å². The van der Waals surface area contributed by atoms with Crippen LogP contribution in [0.15, 0.2) is 29.2 Å². The number of rotatable bonds is 11. The molecule has 0 aliphatic carbocycles. The van der Waals surface area contributed by atoms with Crippen LogP contribution in [0.5, 0.6) is 5.75 Å². The summed E-state index contributed by atoms with van der Waals surface area (Å²) in [7, 11) is 0. The van der Waals surface area contributed by atoms with E-state index in [1.807, 2.05) is 6.92 Å². The van der Waals surface area contributed by atoms with Crippen LogP contribution in [0.4, 0.5) is 8.78 Å². The first-order valence-electron chi connectivity index (χ1n) is 13.8. The van der Waals surface area contributed by atoms with Crippen LogP contribution in [0, 0.1) is 24.0 Å². The number of hydrogen-bond donors (Lipinski definition) is 1. The molecule has 3 heterocycles. The molecule has 1 aromatic heterocycles. The SMILES string of the molecule is C#CCCCCCCCC(=O)Oc1c2n(cc(C(=O)NCc3ccc(F)cc3F)c1=O)C[C@H]1OCC[C@H](C)N1C2=O. The molecule has 1 aromatic carbocycles. The largest absolute Gasteiger partial charge is 0.420 e. The summed E-state index contributed by atoms with van der Waals surface area (Å²) in [5.41, 5.74) is -1.45. The van der Waals surface area contributed by atoms with Crippen molar-refractivity contribution in [2.75, 3.05) is 6.61 Å². The molecule has 0 bridgehead atoms. The highest BCUT2D eigenvalue weighted by atomic mass is 19.1. The molecule has 2 atom stereocenters. The highest BCUT2D eigenvalue weighted by Gasteiger charge is 2.41. The molecule has 2 aliphatic rings. The van der Waals surface area contributed by atoms with E-state index in [-0.39, 0.29) is 36.8 Å². The Morgan fingerprint density at radius 2 is 1.93 bits per heavy atom. The number of nitrogens with zero attached hydrogens (tertiary/aromatic N) is 2. The molecule has 4 rings (SSSR count). The van der Waals surface area contributed by atoms with Gasteiger partial charge in [-0.3, -0.25) is 19.2 Å². The molecular formula is C30H33F2N3O6. The van der Waals surface area contributed by atoms with Crippen LogP contribution in [0.25, 0.3) is 0 Å². The van der Waals surface area contributed by atoms with E-state index in [1.54, 1.807) is 0 Å². The molecular weight excluding hydrogens is 536 g/mol. The Balaban J connectivity index is 1.58. The fourth-order valence-corrected chi connectivity index (χ4v) is 5.03. The summed E-state index contributed by atoms with van der Waals surface area (Å²) >= 11 is 0. The fourth-order valence-electron chi connectivity index (χ4n) is 5.03. The highest BCUT2D eigenvalue weighted by Crippen LogP contribution is 2.30. The average molecular weight is 570 g/mol. The van der Waals surface area contributed by atoms with Gasteiger partial charge >= 0.3 is 5.97 Å². The average Bonchev–Trinajstić information content (AvgIpc) is 2.93. The molecule has 9 nitrogen and oxygen atoms in total. The molecule has 0 spiro atoms. The monoisotopic (exact) mass is 569 g/mol. The third-order valence-electron chi connectivity index (χ3n) is 7.28. The van der Waals surface area contributed by atoms with E-state index in [9.17, 15) is 28.0 Å². The second kappa shape index (κ2) is 13.5. The number of nitrogens with one attached hydrogen (secondary N) is 1. The number of pyridine rings is 1. The van der Waals surface area contributed by atoms with Gasteiger partial charge in [0.25, 0.3) is 11.8 Å². The number of carbonyl (C=O) groups excluding carboxylic acids is 3. The first-order chi connectivity index (χ1) is 19.7. The summed E-state index contributed by atoms with van der Waals surface area (Å²) in [6.45, 7) is 2.10. The van der Waals surface area contributed by atoms with E-state index < -0.39 is 52.4 Å². The quantitative estimate of drug-likeness (QED) is 0.250. The molecule has 2 amide bonds. The zero-order chi connectivity index (χ0) is 29.5. The number of amides is 2. The lowest BCUT2D eigenvalue weighted by Gasteiger charge is -2.44. The Morgan fingerprint density at radius 3 is 2.68 bits per heavy atom. The number of aromatic nitrogens is 1. The lowest BCUT2D eigenvalue weighted by molar-refractivity contribution is -0.134. The topological polar surface area (TPSA) is 107 Å². The van der Waals surface area contributed by atoms with Gasteiger partial charge in [-0.25, -0.2) is 8.78 Å². The maximum Gasteiger partial charge on any atom is 0.311 e. The van der Waals surface area contributed by atoms with Gasteiger partial charge in [0.1, 0.15) is 17.2 Å². The first kappa shape index (κ1) is 29.9. The van der Waals surface area contributed by atoms with Crippen molar-refractivity contribution < 1.29 is 32.6 Å². The Hall–Kier alpha value is -4.04. The summed E-state index contributed by atoms with van der Waals surface area (Å²) in [6, 6.07) is 2.75. The number of ether oxygens (including phenoxy) is 2. The van der Waals surface area contributed by atoms with Crippen molar-refractivity contribution in [1.82, 2.24) is 14.8 Å². The minimum Gasteiger partial charge on any atom is -0.420 e. The van der Waals surface area contributed by atoms with Gasteiger partial charge in [-0.05, 0) is 32.3 Å². The van der Waals surface area contributed by atoms with Gasteiger partial charge in [0.2, 0.25) is 11.2 Å². The van der Waals surface area contributed by atoms with Crippen LogP contribution in [0.1, 0.15) is 84.7 Å². The number of fused-ring (bicyclic) bond motifs is 2.